The smallest absolute Gasteiger partial charge is 0.234 e. The minimum Gasteiger partial charge on any atom is -0.384 e. The number of imide groups is 1. The molecular formula is C43H49N11O3S. The molecule has 300 valence electrons. The minimum absolute atomic E-state index is 0.195. The zero-order valence-electron chi connectivity index (χ0n) is 33.1. The number of piperidine rings is 2. The third kappa shape index (κ3) is 7.80. The van der Waals surface area contributed by atoms with Gasteiger partial charge in [-0.15, -0.1) is 10.2 Å². The lowest BCUT2D eigenvalue weighted by molar-refractivity contribution is -0.134. The largest absolute Gasteiger partial charge is 0.384 e. The van der Waals surface area contributed by atoms with Crippen molar-refractivity contribution < 1.29 is 14.3 Å². The molecule has 5 aromatic rings. The molecule has 9 heterocycles. The number of aromatic nitrogens is 6. The summed E-state index contributed by atoms with van der Waals surface area (Å²) < 4.78 is 7.29. The number of carbonyl (C=O) groups is 2. The summed E-state index contributed by atoms with van der Waals surface area (Å²) in [7, 11) is 1.75. The van der Waals surface area contributed by atoms with Crippen molar-refractivity contribution in [3.8, 4) is 28.0 Å². The lowest BCUT2D eigenvalue weighted by Crippen LogP contribution is -2.55. The van der Waals surface area contributed by atoms with Gasteiger partial charge in [-0.25, -0.2) is 9.50 Å². The third-order valence-electron chi connectivity index (χ3n) is 12.6. The van der Waals surface area contributed by atoms with Gasteiger partial charge in [-0.1, -0.05) is 24.3 Å². The van der Waals surface area contributed by atoms with Crippen molar-refractivity contribution in [1.29, 1.82) is 5.26 Å². The van der Waals surface area contributed by atoms with Crippen molar-refractivity contribution in [1.82, 2.24) is 40.0 Å². The molecule has 9 rings (SSSR count). The monoisotopic (exact) mass is 799 g/mol. The van der Waals surface area contributed by atoms with Crippen LogP contribution in [0.5, 0.6) is 0 Å². The van der Waals surface area contributed by atoms with Crippen LogP contribution in [0.3, 0.4) is 0 Å². The normalized spacial score (nSPS) is 22.1. The molecule has 14 nitrogen and oxygen atoms in total. The standard InChI is InChI=1S/C43H49N11O3S/c1-27(26-57-2)3-4-30-18-37(38-10-8-32-17-29(19-44)20-47-54(32)38)45-22-36(30)42-49-50-43(58-42)52-24-33-6-7-34(25-52)53(33)23-28-13-15-51(16-14-28)39-11-5-31(21-46-39)35-9-12-40(55)48-41(35)56/h5,8,10-11,17-18,20-22,27-28,33-35H,3-4,6-7,9,12-16,23-26H2,1-2H3,(H,48,55,56)/t27-,33?,34?,35+/m0/s1. The number of nitriles is 1. The molecule has 0 saturated carbocycles. The van der Waals surface area contributed by atoms with Gasteiger partial charge in [-0.2, -0.15) is 10.4 Å². The average molecular weight is 800 g/mol. The molecule has 58 heavy (non-hydrogen) atoms. The van der Waals surface area contributed by atoms with Gasteiger partial charge in [0.1, 0.15) is 11.9 Å². The number of nitrogens with zero attached hydrogens (tertiary/aromatic N) is 10. The number of rotatable bonds is 12. The van der Waals surface area contributed by atoms with Crippen LogP contribution in [-0.2, 0) is 20.7 Å². The van der Waals surface area contributed by atoms with Crippen LogP contribution >= 0.6 is 11.3 Å². The van der Waals surface area contributed by atoms with Gasteiger partial charge >= 0.3 is 0 Å². The number of amides is 2. The third-order valence-corrected chi connectivity index (χ3v) is 13.6. The molecular weight excluding hydrogens is 751 g/mol. The lowest BCUT2D eigenvalue weighted by Gasteiger charge is -2.43. The van der Waals surface area contributed by atoms with Crippen LogP contribution in [0, 0.1) is 23.2 Å². The van der Waals surface area contributed by atoms with E-state index in [0.29, 0.717) is 48.9 Å². The Hall–Kier alpha value is -5.30. The molecule has 4 aliphatic rings. The summed E-state index contributed by atoms with van der Waals surface area (Å²) in [6, 6.07) is 15.2. The highest BCUT2D eigenvalue weighted by Gasteiger charge is 2.42. The van der Waals surface area contributed by atoms with Crippen molar-refractivity contribution in [3.05, 3.63) is 71.7 Å². The van der Waals surface area contributed by atoms with Crippen molar-refractivity contribution >= 4 is 39.6 Å². The SMILES string of the molecule is COC[C@@H](C)CCc1cc(-c2ccc3cc(C#N)cnn23)ncc1-c1nnc(N2CC3CCC(C2)N3CC2CCN(c3ccc([C@H]4CCC(=O)NC4=O)cn3)CC2)s1. The molecule has 4 saturated heterocycles. The van der Waals surface area contributed by atoms with E-state index in [1.54, 1.807) is 24.6 Å². The number of fused-ring (bicyclic) bond motifs is 3. The minimum atomic E-state index is -0.305. The van der Waals surface area contributed by atoms with Gasteiger partial charge in [0.25, 0.3) is 0 Å². The van der Waals surface area contributed by atoms with Crippen molar-refractivity contribution in [3.63, 3.8) is 0 Å². The van der Waals surface area contributed by atoms with Gasteiger partial charge in [0, 0.05) is 82.9 Å². The number of piperazine rings is 1. The van der Waals surface area contributed by atoms with Crippen LogP contribution in [0.25, 0.3) is 27.5 Å². The quantitative estimate of drug-likeness (QED) is 0.159. The van der Waals surface area contributed by atoms with E-state index < -0.39 is 0 Å². The summed E-state index contributed by atoms with van der Waals surface area (Å²) >= 11 is 1.66. The Kier molecular flexibility index (Phi) is 10.9. The molecule has 1 N–H and O–H groups in total. The van der Waals surface area contributed by atoms with E-state index >= 15 is 0 Å². The second-order valence-corrected chi connectivity index (χ2v) is 17.5. The summed E-state index contributed by atoms with van der Waals surface area (Å²) in [5, 5.41) is 27.7. The lowest BCUT2D eigenvalue weighted by atomic mass is 9.91. The van der Waals surface area contributed by atoms with Gasteiger partial charge in [0.15, 0.2) is 5.01 Å². The molecule has 2 unspecified atom stereocenters. The highest BCUT2D eigenvalue weighted by atomic mass is 32.1. The first kappa shape index (κ1) is 38.2. The number of hydrogen-bond acceptors (Lipinski definition) is 13. The molecule has 2 amide bonds. The molecule has 0 radical (unpaired) electrons. The van der Waals surface area contributed by atoms with E-state index in [-0.39, 0.29) is 17.7 Å². The fraction of sp³-hybridized carbons (Fsp3) is 0.488. The van der Waals surface area contributed by atoms with Gasteiger partial charge in [-0.05, 0) is 98.2 Å². The predicted molar refractivity (Wildman–Crippen MR) is 221 cm³/mol. The van der Waals surface area contributed by atoms with Crippen LogP contribution in [-0.4, -0.2) is 105 Å². The number of nitrogens with one attached hydrogen (secondary N) is 1. The Morgan fingerprint density at radius 3 is 2.53 bits per heavy atom. The van der Waals surface area contributed by atoms with E-state index in [4.69, 9.17) is 24.9 Å². The Balaban J connectivity index is 0.838. The summed E-state index contributed by atoms with van der Waals surface area (Å²) in [6.07, 6.45) is 12.8. The van der Waals surface area contributed by atoms with Gasteiger partial charge in [0.2, 0.25) is 16.9 Å². The number of anilines is 2. The number of aryl methyl sites for hydroxylation is 1. The summed E-state index contributed by atoms with van der Waals surface area (Å²) in [5.74, 6) is 1.29. The van der Waals surface area contributed by atoms with Crippen molar-refractivity contribution in [2.75, 3.05) is 56.2 Å². The van der Waals surface area contributed by atoms with Crippen LogP contribution in [0.4, 0.5) is 10.9 Å². The Bertz CT molecular complexity index is 2320. The Morgan fingerprint density at radius 2 is 1.79 bits per heavy atom. The molecule has 0 aliphatic carbocycles. The van der Waals surface area contributed by atoms with E-state index in [1.165, 1.54) is 18.4 Å². The second-order valence-electron chi connectivity index (χ2n) is 16.5. The predicted octanol–water partition coefficient (Wildman–Crippen LogP) is 5.49. The topological polar surface area (TPSA) is 158 Å². The van der Waals surface area contributed by atoms with E-state index in [9.17, 15) is 14.9 Å². The highest BCUT2D eigenvalue weighted by Crippen LogP contribution is 2.39. The zero-order chi connectivity index (χ0) is 39.8. The molecule has 4 aliphatic heterocycles. The van der Waals surface area contributed by atoms with Crippen LogP contribution in [0.1, 0.15) is 74.5 Å². The first-order valence-corrected chi connectivity index (χ1v) is 21.4. The van der Waals surface area contributed by atoms with E-state index in [2.05, 4.69) is 44.2 Å². The van der Waals surface area contributed by atoms with E-state index in [1.807, 2.05) is 47.2 Å². The average Bonchev–Trinajstić information content (AvgIpc) is 3.96. The maximum Gasteiger partial charge on any atom is 0.234 e. The van der Waals surface area contributed by atoms with Crippen molar-refractivity contribution in [2.45, 2.75) is 76.3 Å². The molecule has 15 heteroatoms. The maximum atomic E-state index is 12.3. The molecule has 0 aromatic carbocycles. The van der Waals surface area contributed by atoms with Gasteiger partial charge in [0.05, 0.1) is 34.6 Å². The molecule has 5 aromatic heterocycles. The molecule has 0 spiro atoms. The first-order valence-electron chi connectivity index (χ1n) is 20.6. The zero-order valence-corrected chi connectivity index (χ0v) is 33.9. The number of pyridine rings is 2. The van der Waals surface area contributed by atoms with Crippen LogP contribution < -0.4 is 15.1 Å². The fourth-order valence-electron chi connectivity index (χ4n) is 9.40. The number of carbonyl (C=O) groups excluding carboxylic acids is 2. The number of ether oxygens (including phenoxy) is 1. The highest BCUT2D eigenvalue weighted by molar-refractivity contribution is 7.18. The summed E-state index contributed by atoms with van der Waals surface area (Å²) in [5.41, 5.74) is 6.16. The molecule has 4 atom stereocenters. The van der Waals surface area contributed by atoms with E-state index in [0.717, 1.165) is 102 Å². The Labute approximate surface area is 342 Å². The van der Waals surface area contributed by atoms with Gasteiger partial charge < -0.3 is 14.5 Å². The maximum absolute atomic E-state index is 12.3. The van der Waals surface area contributed by atoms with Gasteiger partial charge in [-0.3, -0.25) is 24.8 Å². The second kappa shape index (κ2) is 16.5. The molecule has 2 bridgehead atoms. The summed E-state index contributed by atoms with van der Waals surface area (Å²) in [6.45, 7) is 7.94. The number of methoxy groups -OCH3 is 1. The first-order chi connectivity index (χ1) is 28.3. The fourth-order valence-corrected chi connectivity index (χ4v) is 10.3. The Morgan fingerprint density at radius 1 is 0.966 bits per heavy atom. The molecule has 4 fully saturated rings. The van der Waals surface area contributed by atoms with Crippen LogP contribution in [0.15, 0.2) is 55.0 Å². The van der Waals surface area contributed by atoms with Crippen LogP contribution in [0.2, 0.25) is 0 Å². The van der Waals surface area contributed by atoms with Crippen molar-refractivity contribution in [2.24, 2.45) is 11.8 Å². The summed E-state index contributed by atoms with van der Waals surface area (Å²) in [4.78, 5) is 41.2. The number of hydrogen-bond donors (Lipinski definition) is 1.